The van der Waals surface area contributed by atoms with Gasteiger partial charge in [-0.25, -0.2) is 4.98 Å². The Morgan fingerprint density at radius 1 is 1.10 bits per heavy atom. The summed E-state index contributed by atoms with van der Waals surface area (Å²) in [5.41, 5.74) is 2.63. The van der Waals surface area contributed by atoms with Gasteiger partial charge in [0.05, 0.1) is 15.7 Å². The van der Waals surface area contributed by atoms with Crippen LogP contribution < -0.4 is 10.5 Å². The Balaban J connectivity index is 1.29. The summed E-state index contributed by atoms with van der Waals surface area (Å²) in [7, 11) is 0. The van der Waals surface area contributed by atoms with Crippen molar-refractivity contribution in [2.45, 2.75) is 19.8 Å². The molecule has 1 aliphatic rings. The zero-order valence-electron chi connectivity index (χ0n) is 17.6. The molecule has 0 spiro atoms. The van der Waals surface area contributed by atoms with Crippen LogP contribution in [0.25, 0.3) is 17.2 Å². The third-order valence-electron chi connectivity index (χ3n) is 5.76. The molecule has 3 heterocycles. The van der Waals surface area contributed by atoms with Gasteiger partial charge in [-0.3, -0.25) is 14.3 Å². The van der Waals surface area contributed by atoms with E-state index in [-0.39, 0.29) is 5.56 Å². The van der Waals surface area contributed by atoms with Gasteiger partial charge in [0.2, 0.25) is 0 Å². The zero-order chi connectivity index (χ0) is 21.8. The number of aryl methyl sites for hydroxylation is 1. The molecule has 2 aromatic heterocycles. The summed E-state index contributed by atoms with van der Waals surface area (Å²) in [5.74, 6) is 0. The molecule has 0 N–H and O–H groups in total. The van der Waals surface area contributed by atoms with Crippen molar-refractivity contribution in [2.24, 2.45) is 0 Å². The molecule has 162 valence electrons. The number of anilines is 1. The molecule has 0 saturated carbocycles. The van der Waals surface area contributed by atoms with Crippen molar-refractivity contribution < 1.29 is 0 Å². The molecule has 0 atom stereocenters. The first-order chi connectivity index (χ1) is 15.0. The van der Waals surface area contributed by atoms with E-state index < -0.39 is 0 Å². The lowest BCUT2D eigenvalue weighted by Crippen LogP contribution is -2.46. The Morgan fingerprint density at radius 3 is 2.71 bits per heavy atom. The molecule has 31 heavy (non-hydrogen) atoms. The number of halogens is 2. The average Bonchev–Trinajstić information content (AvgIpc) is 2.78. The molecule has 1 fully saturated rings. The molecular weight excluding hydrogens is 431 g/mol. The van der Waals surface area contributed by atoms with E-state index in [0.717, 1.165) is 62.2 Å². The van der Waals surface area contributed by atoms with E-state index in [1.54, 1.807) is 16.8 Å². The van der Waals surface area contributed by atoms with E-state index in [2.05, 4.69) is 20.9 Å². The van der Waals surface area contributed by atoms with Gasteiger partial charge in [0.1, 0.15) is 5.65 Å². The minimum absolute atomic E-state index is 0.0456. The van der Waals surface area contributed by atoms with Crippen molar-refractivity contribution in [3.63, 3.8) is 0 Å². The molecule has 7 heteroatoms. The number of aromatic nitrogens is 2. The fourth-order valence-corrected chi connectivity index (χ4v) is 4.45. The smallest absolute Gasteiger partial charge is 0.256 e. The highest BCUT2D eigenvalue weighted by atomic mass is 35.5. The maximum Gasteiger partial charge on any atom is 0.256 e. The van der Waals surface area contributed by atoms with Crippen molar-refractivity contribution in [2.75, 3.05) is 37.6 Å². The quantitative estimate of drug-likeness (QED) is 0.484. The number of allylic oxidation sites excluding steroid dienone is 1. The summed E-state index contributed by atoms with van der Waals surface area (Å²) >= 11 is 12.5. The summed E-state index contributed by atoms with van der Waals surface area (Å²) in [6.45, 7) is 6.85. The number of rotatable bonds is 6. The predicted molar refractivity (Wildman–Crippen MR) is 130 cm³/mol. The van der Waals surface area contributed by atoms with Gasteiger partial charge >= 0.3 is 0 Å². The maximum atomic E-state index is 12.4. The van der Waals surface area contributed by atoms with Crippen LogP contribution in [0.2, 0.25) is 10.0 Å². The number of hydrogen-bond acceptors (Lipinski definition) is 4. The van der Waals surface area contributed by atoms with Gasteiger partial charge in [-0.1, -0.05) is 35.3 Å². The SMILES string of the molecule is Cc1cc(=O)n(C=CCCCN2CCN(c3cccc(Cl)c3Cl)CC2)c2ncccc12. The van der Waals surface area contributed by atoms with Gasteiger partial charge in [0, 0.05) is 50.0 Å². The Labute approximate surface area is 192 Å². The molecule has 0 unspecified atom stereocenters. The van der Waals surface area contributed by atoms with Crippen LogP contribution in [-0.2, 0) is 0 Å². The predicted octanol–water partition coefficient (Wildman–Crippen LogP) is 5.08. The molecule has 0 aliphatic carbocycles. The second-order valence-corrected chi connectivity index (χ2v) is 8.62. The summed E-state index contributed by atoms with van der Waals surface area (Å²) in [5, 5.41) is 2.24. The molecular formula is C24H26Cl2N4O. The first-order valence-corrected chi connectivity index (χ1v) is 11.3. The first kappa shape index (κ1) is 21.9. The van der Waals surface area contributed by atoms with Crippen LogP contribution in [0.5, 0.6) is 0 Å². The highest BCUT2D eigenvalue weighted by Gasteiger charge is 2.19. The Bertz CT molecular complexity index is 1150. The number of fused-ring (bicyclic) bond motifs is 1. The maximum absolute atomic E-state index is 12.4. The number of unbranched alkanes of at least 4 members (excludes halogenated alkanes) is 1. The summed E-state index contributed by atoms with van der Waals surface area (Å²) in [6.07, 6.45) is 7.60. The normalized spacial score (nSPS) is 15.3. The van der Waals surface area contributed by atoms with E-state index >= 15 is 0 Å². The van der Waals surface area contributed by atoms with E-state index in [1.807, 2.05) is 43.5 Å². The van der Waals surface area contributed by atoms with Crippen molar-refractivity contribution in [1.29, 1.82) is 0 Å². The fourth-order valence-electron chi connectivity index (χ4n) is 4.04. The summed E-state index contributed by atoms with van der Waals surface area (Å²) in [4.78, 5) is 21.6. The Hall–Kier alpha value is -2.34. The van der Waals surface area contributed by atoms with E-state index in [4.69, 9.17) is 23.2 Å². The number of benzene rings is 1. The summed E-state index contributed by atoms with van der Waals surface area (Å²) in [6, 6.07) is 11.4. The van der Waals surface area contributed by atoms with Crippen LogP contribution in [-0.4, -0.2) is 47.2 Å². The number of nitrogens with zero attached hydrogens (tertiary/aromatic N) is 4. The van der Waals surface area contributed by atoms with Crippen LogP contribution in [0.1, 0.15) is 18.4 Å². The Kier molecular flexibility index (Phi) is 6.96. The van der Waals surface area contributed by atoms with Gasteiger partial charge < -0.3 is 4.90 Å². The standard InChI is InChI=1S/C24H26Cl2N4O/c1-18-17-22(31)30(24-19(18)7-6-10-27-24)12-4-2-3-11-28-13-15-29(16-14-28)21-9-5-8-20(25)23(21)26/h4-10,12,17H,2-3,11,13-16H2,1H3. The van der Waals surface area contributed by atoms with Crippen LogP contribution in [0, 0.1) is 6.92 Å². The molecule has 4 rings (SSSR count). The van der Waals surface area contributed by atoms with Gasteiger partial charge in [-0.15, -0.1) is 0 Å². The first-order valence-electron chi connectivity index (χ1n) is 10.6. The molecule has 1 aromatic carbocycles. The molecule has 0 bridgehead atoms. The van der Waals surface area contributed by atoms with Crippen LogP contribution in [0.15, 0.2) is 53.5 Å². The van der Waals surface area contributed by atoms with E-state index in [1.165, 1.54) is 0 Å². The van der Waals surface area contributed by atoms with Gasteiger partial charge in [-0.05, 0) is 56.1 Å². The van der Waals surface area contributed by atoms with Gasteiger partial charge in [-0.2, -0.15) is 0 Å². The van der Waals surface area contributed by atoms with Crippen molar-refractivity contribution in [3.05, 3.63) is 74.6 Å². The van der Waals surface area contributed by atoms with Gasteiger partial charge in [0.25, 0.3) is 5.56 Å². The fraction of sp³-hybridized carbons (Fsp3) is 0.333. The molecule has 5 nitrogen and oxygen atoms in total. The van der Waals surface area contributed by atoms with E-state index in [9.17, 15) is 4.79 Å². The lowest BCUT2D eigenvalue weighted by Gasteiger charge is -2.36. The lowest BCUT2D eigenvalue weighted by molar-refractivity contribution is 0.255. The third kappa shape index (κ3) is 4.95. The van der Waals surface area contributed by atoms with Crippen LogP contribution in [0.4, 0.5) is 5.69 Å². The number of hydrogen-bond donors (Lipinski definition) is 0. The average molecular weight is 457 g/mol. The number of pyridine rings is 2. The molecule has 0 radical (unpaired) electrons. The molecule has 3 aromatic rings. The highest BCUT2D eigenvalue weighted by molar-refractivity contribution is 6.43. The lowest BCUT2D eigenvalue weighted by atomic mass is 10.2. The highest BCUT2D eigenvalue weighted by Crippen LogP contribution is 2.32. The van der Waals surface area contributed by atoms with Gasteiger partial charge in [0.15, 0.2) is 0 Å². The molecule has 0 amide bonds. The summed E-state index contributed by atoms with van der Waals surface area (Å²) < 4.78 is 1.63. The monoisotopic (exact) mass is 456 g/mol. The van der Waals surface area contributed by atoms with E-state index in [0.29, 0.717) is 15.7 Å². The largest absolute Gasteiger partial charge is 0.368 e. The van der Waals surface area contributed by atoms with Crippen LogP contribution in [0.3, 0.4) is 0 Å². The minimum Gasteiger partial charge on any atom is -0.368 e. The number of piperazine rings is 1. The minimum atomic E-state index is -0.0456. The second-order valence-electron chi connectivity index (χ2n) is 7.84. The molecule has 1 saturated heterocycles. The van der Waals surface area contributed by atoms with Crippen molar-refractivity contribution in [1.82, 2.24) is 14.5 Å². The second kappa shape index (κ2) is 9.86. The van der Waals surface area contributed by atoms with Crippen LogP contribution >= 0.6 is 23.2 Å². The topological polar surface area (TPSA) is 41.4 Å². The Morgan fingerprint density at radius 2 is 1.90 bits per heavy atom. The zero-order valence-corrected chi connectivity index (χ0v) is 19.1. The third-order valence-corrected chi connectivity index (χ3v) is 6.57. The van der Waals surface area contributed by atoms with Crippen molar-refractivity contribution in [3.8, 4) is 0 Å². The van der Waals surface area contributed by atoms with Crippen molar-refractivity contribution >= 4 is 46.1 Å². The molecule has 1 aliphatic heterocycles.